The molecule has 0 saturated heterocycles. The van der Waals surface area contributed by atoms with Gasteiger partial charge in [-0.25, -0.2) is 0 Å². The van der Waals surface area contributed by atoms with Gasteiger partial charge in [-0.2, -0.15) is 0 Å². The van der Waals surface area contributed by atoms with Gasteiger partial charge in [0, 0.05) is 0 Å². The van der Waals surface area contributed by atoms with Crippen LogP contribution in [0.3, 0.4) is 0 Å². The molecule has 0 aromatic heterocycles. The first-order valence-electron chi connectivity index (χ1n) is 0.654. The van der Waals surface area contributed by atoms with Crippen LogP contribution in [0.4, 0.5) is 0 Å². The molecule has 0 aromatic rings. The van der Waals surface area contributed by atoms with Gasteiger partial charge < -0.3 is 5.98 Å². The van der Waals surface area contributed by atoms with Crippen molar-refractivity contribution in [1.29, 1.82) is 0 Å². The van der Waals surface area contributed by atoms with E-state index in [4.69, 9.17) is 9.35 Å². The van der Waals surface area contributed by atoms with Crippen molar-refractivity contribution in [2.45, 2.75) is 0 Å². The van der Waals surface area contributed by atoms with E-state index in [2.05, 4.69) is 0 Å². The van der Waals surface area contributed by atoms with Gasteiger partial charge in [0.15, 0.2) is 0 Å². The van der Waals surface area contributed by atoms with E-state index in [0.29, 0.717) is 5.62 Å². The van der Waals surface area contributed by atoms with Gasteiger partial charge in [0.25, 0.3) is 0 Å². The van der Waals surface area contributed by atoms with E-state index >= 15 is 0 Å². The summed E-state index contributed by atoms with van der Waals surface area (Å²) in [6.07, 6.45) is 0. The van der Waals surface area contributed by atoms with Crippen LogP contribution in [0.2, 0.25) is 0 Å². The smallest absolute Gasteiger partial charge is 1.00 e. The fourth-order valence-electron chi connectivity index (χ4n) is 0. The maximum atomic E-state index is 8.89. The van der Waals surface area contributed by atoms with E-state index in [1.165, 1.54) is 0 Å². The predicted molar refractivity (Wildman–Crippen MR) is 18.1 cm³/mol. The van der Waals surface area contributed by atoms with Gasteiger partial charge in [0.1, 0.15) is 0 Å². The molecule has 0 fully saturated rings. The molecule has 0 rings (SSSR count). The van der Waals surface area contributed by atoms with Crippen molar-refractivity contribution in [3.05, 3.63) is 0 Å². The molecule has 0 bridgehead atoms. The van der Waals surface area contributed by atoms with Gasteiger partial charge in [-0.05, 0) is 0 Å². The summed E-state index contributed by atoms with van der Waals surface area (Å²) in [5.74, 6) is 0. The summed E-state index contributed by atoms with van der Waals surface area (Å²) in [6, 6.07) is 0. The van der Waals surface area contributed by atoms with Gasteiger partial charge in [-0.1, -0.05) is 0 Å². The second-order valence-corrected chi connectivity index (χ2v) is 0.605. The molecule has 0 aromatic carbocycles. The molecule has 0 aliphatic rings. The fraction of sp³-hybridized carbons (Fsp3) is 0. The number of hydrogen-bond acceptors (Lipinski definition) is 3. The van der Waals surface area contributed by atoms with Gasteiger partial charge in [0.2, 0.25) is 5.62 Å². The molecule has 1 N–H and O–H groups in total. The Morgan fingerprint density at radius 1 is 2.00 bits per heavy atom. The van der Waals surface area contributed by atoms with Crippen LogP contribution >= 0.6 is 12.0 Å². The van der Waals surface area contributed by atoms with Crippen molar-refractivity contribution in [3.63, 3.8) is 0 Å². The molecular formula is CH3NaO2S. The van der Waals surface area contributed by atoms with Crippen molar-refractivity contribution in [1.82, 2.24) is 0 Å². The monoisotopic (exact) mass is 102 g/mol. The van der Waals surface area contributed by atoms with Crippen molar-refractivity contribution in [3.8, 4) is 0 Å². The molecular weight excluding hydrogens is 99.1 g/mol. The van der Waals surface area contributed by atoms with E-state index in [0.717, 1.165) is 0 Å². The molecule has 0 unspecified atom stereocenters. The third-order valence-corrected chi connectivity index (χ3v) is 0.129. The van der Waals surface area contributed by atoms with Crippen LogP contribution in [0, 0.1) is 0 Å². The topological polar surface area (TPSA) is 37.3 Å². The zero-order valence-corrected chi connectivity index (χ0v) is 5.66. The van der Waals surface area contributed by atoms with Gasteiger partial charge in [-0.15, -0.1) is 0 Å². The zero-order valence-electron chi connectivity index (χ0n) is 3.84. The average molecular weight is 102 g/mol. The maximum Gasteiger partial charge on any atom is 1.00 e. The van der Waals surface area contributed by atoms with E-state index in [9.17, 15) is 0 Å². The van der Waals surface area contributed by atoms with Crippen LogP contribution in [0.5, 0.6) is 0 Å². The molecule has 4 heteroatoms. The van der Waals surface area contributed by atoms with E-state index in [1.54, 1.807) is 0 Å². The van der Waals surface area contributed by atoms with Gasteiger partial charge in [-0.3, -0.25) is 4.79 Å². The second-order valence-electron chi connectivity index (χ2n) is 0.202. The first-order chi connectivity index (χ1) is 1.91. The molecule has 0 aliphatic heterocycles. The summed E-state index contributed by atoms with van der Waals surface area (Å²) in [5.41, 5.74) is 0.347. The summed E-state index contributed by atoms with van der Waals surface area (Å²) in [4.78, 5) is 8.89. The molecule has 0 spiro atoms. The fourth-order valence-corrected chi connectivity index (χ4v) is 0. The minimum Gasteiger partial charge on any atom is -1.00 e. The minimum absolute atomic E-state index is 0. The van der Waals surface area contributed by atoms with Crippen LogP contribution < -0.4 is 29.6 Å². The van der Waals surface area contributed by atoms with Crippen LogP contribution in [0.15, 0.2) is 0 Å². The standard InChI is InChI=1S/CH2O2S.Na.H/c2-1-4-3;;/h1,3H;;/q;+1;-1. The maximum absolute atomic E-state index is 8.89. The first-order valence-corrected chi connectivity index (χ1v) is 1.49. The van der Waals surface area contributed by atoms with E-state index in [-0.39, 0.29) is 43.0 Å². The van der Waals surface area contributed by atoms with Crippen LogP contribution in [-0.2, 0) is 4.79 Å². The zero-order chi connectivity index (χ0) is 3.41. The largest absolute Gasteiger partial charge is 1.00 e. The Balaban J connectivity index is -0.0000000450. The van der Waals surface area contributed by atoms with Crippen molar-refractivity contribution < 1.29 is 40.3 Å². The molecule has 0 radical (unpaired) electrons. The number of hydrogen-bond donors (Lipinski definition) is 1. The Morgan fingerprint density at radius 2 is 2.20 bits per heavy atom. The van der Waals surface area contributed by atoms with Crippen molar-refractivity contribution in [2.24, 2.45) is 0 Å². The molecule has 0 saturated carbocycles. The minimum atomic E-state index is 0. The molecule has 0 aliphatic carbocycles. The first kappa shape index (κ1) is 9.36. The van der Waals surface area contributed by atoms with Crippen molar-refractivity contribution >= 4 is 17.7 Å². The Bertz CT molecular complexity index is 27.5. The van der Waals surface area contributed by atoms with Crippen LogP contribution in [-0.4, -0.2) is 10.2 Å². The average Bonchev–Trinajstić information content (AvgIpc) is 1.37. The Morgan fingerprint density at radius 3 is 2.20 bits per heavy atom. The second kappa shape index (κ2) is 8.88. The summed E-state index contributed by atoms with van der Waals surface area (Å²) >= 11 is 0.176. The summed E-state index contributed by atoms with van der Waals surface area (Å²) in [5, 5.41) is 0. The summed E-state index contributed by atoms with van der Waals surface area (Å²) < 4.78 is 7.42. The predicted octanol–water partition coefficient (Wildman–Crippen LogP) is -2.50. The Hall–Kier alpha value is 0.980. The van der Waals surface area contributed by atoms with E-state index < -0.39 is 0 Å². The SMILES string of the molecule is O=CSO.[H-].[Na+]. The van der Waals surface area contributed by atoms with Gasteiger partial charge in [0.05, 0.1) is 12.0 Å². The molecule has 26 valence electrons. The molecule has 5 heavy (non-hydrogen) atoms. The van der Waals surface area contributed by atoms with Crippen LogP contribution in [0.1, 0.15) is 1.43 Å². The molecule has 0 atom stereocenters. The number of carbonyl (C=O) groups excluding carboxylic acids is 1. The number of carbonyl (C=O) groups is 1. The van der Waals surface area contributed by atoms with Crippen molar-refractivity contribution in [2.75, 3.05) is 0 Å². The Kier molecular flexibility index (Phi) is 16.6. The third-order valence-electron chi connectivity index (χ3n) is 0.0430. The molecule has 0 amide bonds. The summed E-state index contributed by atoms with van der Waals surface area (Å²) in [7, 11) is 0. The molecule has 0 heterocycles. The normalized spacial score (nSPS) is 5.00. The quantitative estimate of drug-likeness (QED) is 0.226. The third kappa shape index (κ3) is 11.3. The molecule has 2 nitrogen and oxygen atoms in total. The Labute approximate surface area is 57.9 Å². The van der Waals surface area contributed by atoms with Gasteiger partial charge >= 0.3 is 29.6 Å². The van der Waals surface area contributed by atoms with Crippen LogP contribution in [0.25, 0.3) is 0 Å². The number of rotatable bonds is 1. The summed E-state index contributed by atoms with van der Waals surface area (Å²) in [6.45, 7) is 0. The van der Waals surface area contributed by atoms with E-state index in [1.807, 2.05) is 0 Å².